The van der Waals surface area contributed by atoms with Crippen LogP contribution >= 0.6 is 0 Å². The maximum absolute atomic E-state index is 13.9. The van der Waals surface area contributed by atoms with Gasteiger partial charge >= 0.3 is 5.97 Å². The third kappa shape index (κ3) is 5.25. The van der Waals surface area contributed by atoms with Crippen LogP contribution in [0.4, 0.5) is 15.8 Å². The topological polar surface area (TPSA) is 64.3 Å². The fraction of sp³-hybridized carbons (Fsp3) is 0.562. The van der Waals surface area contributed by atoms with Crippen LogP contribution in [0.5, 0.6) is 0 Å². The molecular weight excluding hydrogens is 271 g/mol. The zero-order chi connectivity index (χ0) is 15.8. The molecule has 0 aliphatic carbocycles. The summed E-state index contributed by atoms with van der Waals surface area (Å²) in [5.74, 6) is -1.02. The van der Waals surface area contributed by atoms with E-state index in [1.807, 2.05) is 6.92 Å². The number of carbonyl (C=O) groups excluding carboxylic acids is 1. The Labute approximate surface area is 125 Å². The van der Waals surface area contributed by atoms with Crippen molar-refractivity contribution >= 4 is 17.3 Å². The molecule has 5 heteroatoms. The molecule has 0 fully saturated rings. The van der Waals surface area contributed by atoms with Crippen LogP contribution in [0.25, 0.3) is 0 Å². The first-order chi connectivity index (χ1) is 9.99. The molecule has 118 valence electrons. The predicted molar refractivity (Wildman–Crippen MR) is 84.0 cm³/mol. The quantitative estimate of drug-likeness (QED) is 0.433. The van der Waals surface area contributed by atoms with E-state index in [4.69, 9.17) is 5.73 Å². The van der Waals surface area contributed by atoms with Crippen molar-refractivity contribution in [3.63, 3.8) is 0 Å². The van der Waals surface area contributed by atoms with Gasteiger partial charge in [-0.05, 0) is 25.5 Å². The maximum atomic E-state index is 13.9. The van der Waals surface area contributed by atoms with Crippen molar-refractivity contribution in [2.75, 3.05) is 18.2 Å². The lowest BCUT2D eigenvalue weighted by Crippen LogP contribution is -2.17. The van der Waals surface area contributed by atoms with Crippen LogP contribution in [-0.4, -0.2) is 19.1 Å². The molecule has 21 heavy (non-hydrogen) atoms. The van der Waals surface area contributed by atoms with Gasteiger partial charge in [-0.3, -0.25) is 0 Å². The fourth-order valence-corrected chi connectivity index (χ4v) is 2.20. The highest BCUT2D eigenvalue weighted by Gasteiger charge is 2.15. The minimum Gasteiger partial charge on any atom is -0.465 e. The Morgan fingerprint density at radius 3 is 2.71 bits per heavy atom. The first-order valence-electron chi connectivity index (χ1n) is 7.43. The number of nitrogen functional groups attached to an aromatic ring is 1. The molecule has 0 aromatic heterocycles. The highest BCUT2D eigenvalue weighted by molar-refractivity contribution is 5.96. The number of hydrogen-bond donors (Lipinski definition) is 2. The zero-order valence-corrected chi connectivity index (χ0v) is 13.0. The molecule has 0 saturated carbocycles. The van der Waals surface area contributed by atoms with E-state index >= 15 is 0 Å². The number of nitrogens with one attached hydrogen (secondary N) is 1. The predicted octanol–water partition coefficient (Wildman–Crippen LogP) is 3.97. The van der Waals surface area contributed by atoms with E-state index in [9.17, 15) is 9.18 Å². The lowest BCUT2D eigenvalue weighted by Gasteiger charge is -2.17. The molecule has 0 radical (unpaired) electrons. The Hall–Kier alpha value is -1.78. The van der Waals surface area contributed by atoms with Crippen molar-refractivity contribution in [2.45, 2.75) is 52.0 Å². The number of nitrogens with two attached hydrogens (primary N) is 1. The number of unbranched alkanes of at least 4 members (excludes halogenated alkanes) is 3. The van der Waals surface area contributed by atoms with Gasteiger partial charge in [-0.25, -0.2) is 9.18 Å². The molecule has 0 amide bonds. The lowest BCUT2D eigenvalue weighted by atomic mass is 10.1. The summed E-state index contributed by atoms with van der Waals surface area (Å²) >= 11 is 0. The van der Waals surface area contributed by atoms with Crippen LogP contribution in [0, 0.1) is 5.82 Å². The van der Waals surface area contributed by atoms with Gasteiger partial charge < -0.3 is 15.8 Å². The summed E-state index contributed by atoms with van der Waals surface area (Å²) in [6.07, 6.45) is 5.65. The minimum atomic E-state index is -0.564. The van der Waals surface area contributed by atoms with Crippen molar-refractivity contribution in [1.29, 1.82) is 0 Å². The molecule has 0 aliphatic rings. The molecule has 0 spiro atoms. The fourth-order valence-electron chi connectivity index (χ4n) is 2.20. The summed E-state index contributed by atoms with van der Waals surface area (Å²) in [6.45, 7) is 4.17. The molecule has 4 nitrogen and oxygen atoms in total. The van der Waals surface area contributed by atoms with E-state index in [0.29, 0.717) is 0 Å². The van der Waals surface area contributed by atoms with Gasteiger partial charge in [0.25, 0.3) is 0 Å². The zero-order valence-electron chi connectivity index (χ0n) is 13.0. The largest absolute Gasteiger partial charge is 0.465 e. The van der Waals surface area contributed by atoms with Gasteiger partial charge in [0, 0.05) is 11.7 Å². The van der Waals surface area contributed by atoms with Crippen LogP contribution in [0.1, 0.15) is 56.3 Å². The third-order valence-corrected chi connectivity index (χ3v) is 3.44. The molecule has 0 saturated heterocycles. The Kier molecular flexibility index (Phi) is 6.99. The van der Waals surface area contributed by atoms with Crippen LogP contribution in [-0.2, 0) is 4.74 Å². The number of carbonyl (C=O) groups is 1. The summed E-state index contributed by atoms with van der Waals surface area (Å²) in [5, 5.41) is 3.10. The Morgan fingerprint density at radius 1 is 1.38 bits per heavy atom. The lowest BCUT2D eigenvalue weighted by molar-refractivity contribution is 0.0602. The molecule has 1 aromatic carbocycles. The van der Waals surface area contributed by atoms with E-state index in [1.165, 1.54) is 32.4 Å². The van der Waals surface area contributed by atoms with Crippen LogP contribution in [0.2, 0.25) is 0 Å². The summed E-state index contributed by atoms with van der Waals surface area (Å²) in [4.78, 5) is 11.6. The number of rotatable bonds is 8. The van der Waals surface area contributed by atoms with Crippen molar-refractivity contribution < 1.29 is 13.9 Å². The van der Waals surface area contributed by atoms with Gasteiger partial charge in [-0.2, -0.15) is 0 Å². The standard InChI is InChI=1S/C16H25FN2O2/c1-4-5-6-7-8-11(2)19-15-9-12(16(20)21-3)14(18)10-13(15)17/h9-11,19H,4-8,18H2,1-3H3. The molecule has 3 N–H and O–H groups in total. The number of halogens is 1. The SMILES string of the molecule is CCCCCCC(C)Nc1cc(C(=O)OC)c(N)cc1F. The summed E-state index contributed by atoms with van der Waals surface area (Å²) in [7, 11) is 1.27. The van der Waals surface area contributed by atoms with Crippen LogP contribution < -0.4 is 11.1 Å². The number of hydrogen-bond acceptors (Lipinski definition) is 4. The van der Waals surface area contributed by atoms with Gasteiger partial charge in [0.1, 0.15) is 5.82 Å². The normalized spacial score (nSPS) is 12.0. The first-order valence-corrected chi connectivity index (χ1v) is 7.43. The van der Waals surface area contributed by atoms with E-state index in [2.05, 4.69) is 17.0 Å². The second-order valence-electron chi connectivity index (χ2n) is 5.31. The highest BCUT2D eigenvalue weighted by atomic mass is 19.1. The van der Waals surface area contributed by atoms with Crippen molar-refractivity contribution in [2.24, 2.45) is 0 Å². The summed E-state index contributed by atoms with van der Waals surface area (Å²) in [6, 6.07) is 2.70. The molecule has 1 rings (SSSR count). The van der Waals surface area contributed by atoms with Crippen molar-refractivity contribution in [1.82, 2.24) is 0 Å². The van der Waals surface area contributed by atoms with Gasteiger partial charge in [0.2, 0.25) is 0 Å². The van der Waals surface area contributed by atoms with E-state index < -0.39 is 11.8 Å². The number of anilines is 2. The van der Waals surface area contributed by atoms with E-state index in [1.54, 1.807) is 0 Å². The monoisotopic (exact) mass is 296 g/mol. The Morgan fingerprint density at radius 2 is 2.10 bits per heavy atom. The van der Waals surface area contributed by atoms with Crippen molar-refractivity contribution in [3.05, 3.63) is 23.5 Å². The van der Waals surface area contributed by atoms with Crippen molar-refractivity contribution in [3.8, 4) is 0 Å². The molecule has 1 aromatic rings. The maximum Gasteiger partial charge on any atom is 0.340 e. The number of benzene rings is 1. The van der Waals surface area contributed by atoms with Gasteiger partial charge in [0.15, 0.2) is 0 Å². The Balaban J connectivity index is 2.71. The molecule has 1 unspecified atom stereocenters. The number of esters is 1. The molecule has 0 bridgehead atoms. The summed E-state index contributed by atoms with van der Waals surface area (Å²) in [5.41, 5.74) is 6.19. The molecule has 1 atom stereocenters. The average Bonchev–Trinajstić information content (AvgIpc) is 2.45. The van der Waals surface area contributed by atoms with Gasteiger partial charge in [-0.1, -0.05) is 32.6 Å². The van der Waals surface area contributed by atoms with E-state index in [0.717, 1.165) is 18.9 Å². The van der Waals surface area contributed by atoms with Gasteiger partial charge in [0.05, 0.1) is 18.4 Å². The van der Waals surface area contributed by atoms with E-state index in [-0.39, 0.29) is 23.0 Å². The number of methoxy groups -OCH3 is 1. The second-order valence-corrected chi connectivity index (χ2v) is 5.31. The number of ether oxygens (including phenoxy) is 1. The van der Waals surface area contributed by atoms with Crippen LogP contribution in [0.3, 0.4) is 0 Å². The Bertz CT molecular complexity index is 478. The molecule has 0 aliphatic heterocycles. The third-order valence-electron chi connectivity index (χ3n) is 3.44. The molecular formula is C16H25FN2O2. The minimum absolute atomic E-state index is 0.0838. The molecule has 0 heterocycles. The highest BCUT2D eigenvalue weighted by Crippen LogP contribution is 2.24. The first kappa shape index (κ1) is 17.3. The second kappa shape index (κ2) is 8.49. The summed E-state index contributed by atoms with van der Waals surface area (Å²) < 4.78 is 18.5. The van der Waals surface area contributed by atoms with Gasteiger partial charge in [-0.15, -0.1) is 0 Å². The smallest absolute Gasteiger partial charge is 0.340 e. The van der Waals surface area contributed by atoms with Crippen LogP contribution in [0.15, 0.2) is 12.1 Å². The average molecular weight is 296 g/mol.